The van der Waals surface area contributed by atoms with Crippen molar-refractivity contribution in [3.63, 3.8) is 0 Å². The largest absolute Gasteiger partial charge is 0.316 e. The number of rotatable bonds is 4. The number of likely N-dealkylation sites (N-methyl/N-ethyl adjacent to an activating group) is 1. The Morgan fingerprint density at radius 3 is 2.58 bits per heavy atom. The van der Waals surface area contributed by atoms with Crippen LogP contribution in [0.4, 0.5) is 4.39 Å². The van der Waals surface area contributed by atoms with Gasteiger partial charge in [0.25, 0.3) is 0 Å². The van der Waals surface area contributed by atoms with Gasteiger partial charge >= 0.3 is 0 Å². The van der Waals surface area contributed by atoms with E-state index in [1.54, 1.807) is 12.1 Å². The predicted molar refractivity (Wildman–Crippen MR) is 79.1 cm³/mol. The molecule has 0 spiro atoms. The van der Waals surface area contributed by atoms with Crippen LogP contribution in [-0.4, -0.2) is 13.1 Å². The lowest BCUT2D eigenvalue weighted by atomic mass is 9.77. The van der Waals surface area contributed by atoms with Crippen LogP contribution in [0, 0.1) is 17.7 Å². The summed E-state index contributed by atoms with van der Waals surface area (Å²) in [6.07, 6.45) is 5.72. The highest BCUT2D eigenvalue weighted by Gasteiger charge is 2.26. The lowest BCUT2D eigenvalue weighted by Crippen LogP contribution is -2.37. The van der Waals surface area contributed by atoms with Crippen LogP contribution in [0.5, 0.6) is 0 Å². The molecule has 0 heterocycles. The van der Waals surface area contributed by atoms with E-state index in [2.05, 4.69) is 12.2 Å². The zero-order chi connectivity index (χ0) is 13.8. The molecule has 2 rings (SSSR count). The van der Waals surface area contributed by atoms with Gasteiger partial charge in [-0.25, -0.2) is 4.39 Å². The van der Waals surface area contributed by atoms with Crippen LogP contribution in [0.15, 0.2) is 18.2 Å². The average Bonchev–Trinajstić information content (AvgIpc) is 2.40. The first-order valence-corrected chi connectivity index (χ1v) is 7.59. The van der Waals surface area contributed by atoms with Gasteiger partial charge in [-0.2, -0.15) is 0 Å². The Hall–Kier alpha value is -0.600. The highest BCUT2D eigenvalue weighted by atomic mass is 35.5. The van der Waals surface area contributed by atoms with Crippen LogP contribution in [0.2, 0.25) is 5.02 Å². The fourth-order valence-electron chi connectivity index (χ4n) is 3.14. The van der Waals surface area contributed by atoms with Gasteiger partial charge in [0.1, 0.15) is 5.82 Å². The van der Waals surface area contributed by atoms with Crippen LogP contribution < -0.4 is 5.32 Å². The minimum absolute atomic E-state index is 0.183. The molecule has 0 aliphatic heterocycles. The smallest absolute Gasteiger partial charge is 0.127 e. The van der Waals surface area contributed by atoms with Gasteiger partial charge in [-0.1, -0.05) is 37.4 Å². The lowest BCUT2D eigenvalue weighted by molar-refractivity contribution is 0.234. The van der Waals surface area contributed by atoms with E-state index in [9.17, 15) is 4.39 Å². The quantitative estimate of drug-likeness (QED) is 0.862. The van der Waals surface area contributed by atoms with Crippen LogP contribution >= 0.6 is 11.6 Å². The minimum Gasteiger partial charge on any atom is -0.316 e. The molecule has 1 aromatic carbocycles. The van der Waals surface area contributed by atoms with Crippen LogP contribution in [-0.2, 0) is 6.42 Å². The summed E-state index contributed by atoms with van der Waals surface area (Å²) in [5.74, 6) is 1.29. The van der Waals surface area contributed by atoms with Gasteiger partial charge in [0, 0.05) is 16.6 Å². The fraction of sp³-hybridized carbons (Fsp3) is 0.625. The number of hydrogen-bond acceptors (Lipinski definition) is 1. The van der Waals surface area contributed by atoms with E-state index >= 15 is 0 Å². The lowest BCUT2D eigenvalue weighted by Gasteiger charge is -2.33. The molecule has 19 heavy (non-hydrogen) atoms. The van der Waals surface area contributed by atoms with E-state index in [4.69, 9.17) is 11.6 Å². The molecule has 0 bridgehead atoms. The maximum atomic E-state index is 13.9. The third-order valence-electron chi connectivity index (χ3n) is 4.49. The molecule has 0 aromatic heterocycles. The second-order valence-corrected chi connectivity index (χ2v) is 6.23. The molecular formula is C16H23ClFN. The van der Waals surface area contributed by atoms with Gasteiger partial charge in [0.2, 0.25) is 0 Å². The summed E-state index contributed by atoms with van der Waals surface area (Å²) in [5, 5.41) is 3.91. The summed E-state index contributed by atoms with van der Waals surface area (Å²) in [5.41, 5.74) is 0.655. The summed E-state index contributed by atoms with van der Waals surface area (Å²) in [6.45, 7) is 2.32. The van der Waals surface area contributed by atoms with Crippen LogP contribution in [0.3, 0.4) is 0 Å². The Balaban J connectivity index is 2.06. The van der Waals surface area contributed by atoms with Crippen molar-refractivity contribution in [3.05, 3.63) is 34.6 Å². The standard InChI is InChI=1S/C16H23ClFN/c1-11-6-8-12(9-7-11)16(19-2)10-13-14(17)4-3-5-15(13)18/h3-5,11-12,16,19H,6-10H2,1-2H3. The molecule has 1 fully saturated rings. The highest BCUT2D eigenvalue weighted by Crippen LogP contribution is 2.32. The third-order valence-corrected chi connectivity index (χ3v) is 4.84. The Morgan fingerprint density at radius 2 is 2.00 bits per heavy atom. The van der Waals surface area contributed by atoms with Gasteiger partial charge in [0.05, 0.1) is 0 Å². The zero-order valence-corrected chi connectivity index (χ0v) is 12.5. The molecule has 1 atom stereocenters. The Morgan fingerprint density at radius 1 is 1.32 bits per heavy atom. The first kappa shape index (κ1) is 14.8. The highest BCUT2D eigenvalue weighted by molar-refractivity contribution is 6.31. The summed E-state index contributed by atoms with van der Waals surface area (Å²) in [7, 11) is 1.97. The number of halogens is 2. The maximum Gasteiger partial charge on any atom is 0.127 e. The molecule has 3 heteroatoms. The molecule has 0 saturated heterocycles. The Bertz CT molecular complexity index is 393. The van der Waals surface area contributed by atoms with Crippen molar-refractivity contribution in [3.8, 4) is 0 Å². The SMILES string of the molecule is CNC(Cc1c(F)cccc1Cl)C1CCC(C)CC1. The topological polar surface area (TPSA) is 12.0 Å². The predicted octanol–water partition coefficient (Wildman–Crippen LogP) is 4.44. The molecule has 1 nitrogen and oxygen atoms in total. The molecule has 1 saturated carbocycles. The molecule has 1 N–H and O–H groups in total. The van der Waals surface area contributed by atoms with Gasteiger partial charge < -0.3 is 5.32 Å². The van der Waals surface area contributed by atoms with E-state index in [1.165, 1.54) is 31.7 Å². The third kappa shape index (κ3) is 3.70. The zero-order valence-electron chi connectivity index (χ0n) is 11.8. The first-order chi connectivity index (χ1) is 9.11. The van der Waals surface area contributed by atoms with Gasteiger partial charge in [0.15, 0.2) is 0 Å². The van der Waals surface area contributed by atoms with Crippen molar-refractivity contribution in [1.29, 1.82) is 0 Å². The summed E-state index contributed by atoms with van der Waals surface area (Å²) in [6, 6.07) is 5.26. The summed E-state index contributed by atoms with van der Waals surface area (Å²) < 4.78 is 13.9. The molecule has 1 aliphatic rings. The summed E-state index contributed by atoms with van der Waals surface area (Å²) in [4.78, 5) is 0. The average molecular weight is 284 g/mol. The normalized spacial score (nSPS) is 25.3. The van der Waals surface area contributed by atoms with E-state index in [1.807, 2.05) is 7.05 Å². The van der Waals surface area contributed by atoms with Crippen molar-refractivity contribution in [1.82, 2.24) is 5.32 Å². The summed E-state index contributed by atoms with van der Waals surface area (Å²) >= 11 is 6.12. The maximum absolute atomic E-state index is 13.9. The molecule has 106 valence electrons. The number of benzene rings is 1. The van der Waals surface area contributed by atoms with Crippen molar-refractivity contribution in [2.45, 2.75) is 45.1 Å². The van der Waals surface area contributed by atoms with Crippen LogP contribution in [0.25, 0.3) is 0 Å². The Kier molecular flexibility index (Phi) is 5.23. The first-order valence-electron chi connectivity index (χ1n) is 7.22. The van der Waals surface area contributed by atoms with E-state index in [0.717, 1.165) is 5.92 Å². The second-order valence-electron chi connectivity index (χ2n) is 5.82. The Labute approximate surface area is 120 Å². The molecule has 1 aliphatic carbocycles. The fourth-order valence-corrected chi connectivity index (χ4v) is 3.38. The molecule has 1 aromatic rings. The number of nitrogens with one attached hydrogen (secondary N) is 1. The number of hydrogen-bond donors (Lipinski definition) is 1. The van der Waals surface area contributed by atoms with E-state index in [0.29, 0.717) is 29.0 Å². The van der Waals surface area contributed by atoms with Crippen molar-refractivity contribution in [2.75, 3.05) is 7.05 Å². The van der Waals surface area contributed by atoms with Crippen LogP contribution in [0.1, 0.15) is 38.2 Å². The molecular weight excluding hydrogens is 261 g/mol. The second kappa shape index (κ2) is 6.71. The molecule has 0 radical (unpaired) electrons. The monoisotopic (exact) mass is 283 g/mol. The van der Waals surface area contributed by atoms with Gasteiger partial charge in [-0.3, -0.25) is 0 Å². The molecule has 0 amide bonds. The van der Waals surface area contributed by atoms with E-state index < -0.39 is 0 Å². The van der Waals surface area contributed by atoms with Crippen molar-refractivity contribution >= 4 is 11.6 Å². The van der Waals surface area contributed by atoms with Gasteiger partial charge in [-0.15, -0.1) is 0 Å². The molecule has 1 unspecified atom stereocenters. The van der Waals surface area contributed by atoms with E-state index in [-0.39, 0.29) is 5.82 Å². The minimum atomic E-state index is -0.183. The van der Waals surface area contributed by atoms with Crippen molar-refractivity contribution in [2.24, 2.45) is 11.8 Å². The van der Waals surface area contributed by atoms with Crippen molar-refractivity contribution < 1.29 is 4.39 Å². The van der Waals surface area contributed by atoms with Gasteiger partial charge in [-0.05, 0) is 50.3 Å².